The van der Waals surface area contributed by atoms with Crippen LogP contribution in [0.1, 0.15) is 84.9 Å². The summed E-state index contributed by atoms with van der Waals surface area (Å²) in [4.78, 5) is 21.5. The molecule has 4 heterocycles. The van der Waals surface area contributed by atoms with E-state index in [9.17, 15) is 13.6 Å². The molecule has 0 bridgehead atoms. The standard InChI is InChI=1S/C24H31N5O.C14H15F2N3O2.2C2H6/c1-4-20(5-2)29-24(30)28(18-25-29)23-12-10-22(11-13-23)27-16-14-26(15-17-27)21-8-6-19(3)7-9-21;1-2-11-6-20-14(21-11,7-19-9-17-8-18-19)12-4-3-10(15)5-13(12)16;2*1-2/h6-13,18,20H,4-5,14-17H2,1-3H3;3-5,8-9,11H,2,6-7H2,1H3;2*1-2H3/t;11-,14?;;/m.0../s1. The number of aromatic nitrogens is 6. The van der Waals surface area contributed by atoms with E-state index in [1.807, 2.05) is 46.8 Å². The topological polar surface area (TPSA) is 95.5 Å². The Morgan fingerprint density at radius 1 is 0.800 bits per heavy atom. The highest BCUT2D eigenvalue weighted by Crippen LogP contribution is 2.38. The zero-order valence-electron chi connectivity index (χ0n) is 33.7. The SMILES string of the molecule is CC.CC.CCC(CC)n1ncn(-c2ccc(N3CCN(c4ccc(C)cc4)CC3)cc2)c1=O.CC[C@H]1COC(Cn2cncn2)(c2ccc(F)cc2F)O1. The molecule has 55 heavy (non-hydrogen) atoms. The lowest BCUT2D eigenvalue weighted by Gasteiger charge is -2.37. The molecule has 2 fully saturated rings. The lowest BCUT2D eigenvalue weighted by atomic mass is 10.0. The molecule has 2 aliphatic rings. The molecule has 0 saturated carbocycles. The summed E-state index contributed by atoms with van der Waals surface area (Å²) < 4.78 is 43.7. The first-order valence-electron chi connectivity index (χ1n) is 19.7. The van der Waals surface area contributed by atoms with Crippen LogP contribution in [-0.4, -0.2) is 68.0 Å². The predicted molar refractivity (Wildman–Crippen MR) is 215 cm³/mol. The Morgan fingerprint density at radius 2 is 1.38 bits per heavy atom. The third kappa shape index (κ3) is 10.5. The van der Waals surface area contributed by atoms with Crippen molar-refractivity contribution in [3.05, 3.63) is 119 Å². The second-order valence-corrected chi connectivity index (χ2v) is 13.0. The molecular weight excluding hydrogens is 703 g/mol. The van der Waals surface area contributed by atoms with Crippen molar-refractivity contribution in [3.63, 3.8) is 0 Å². The Bertz CT molecular complexity index is 1900. The number of hydrogen-bond acceptors (Lipinski definition) is 8. The highest BCUT2D eigenvalue weighted by Gasteiger charge is 2.45. The normalized spacial score (nSPS) is 17.8. The molecule has 2 saturated heterocycles. The summed E-state index contributed by atoms with van der Waals surface area (Å²) in [5.41, 5.74) is 4.74. The van der Waals surface area contributed by atoms with Gasteiger partial charge in [0, 0.05) is 49.2 Å². The van der Waals surface area contributed by atoms with Gasteiger partial charge in [-0.05, 0) is 74.7 Å². The van der Waals surface area contributed by atoms with E-state index in [2.05, 4.69) is 82.2 Å². The minimum absolute atomic E-state index is 0.0665. The molecule has 13 heteroatoms. The lowest BCUT2D eigenvalue weighted by molar-refractivity contribution is -0.190. The van der Waals surface area contributed by atoms with E-state index >= 15 is 0 Å². The van der Waals surface area contributed by atoms with E-state index in [1.54, 1.807) is 15.6 Å². The van der Waals surface area contributed by atoms with Gasteiger partial charge >= 0.3 is 5.69 Å². The molecule has 0 spiro atoms. The van der Waals surface area contributed by atoms with Crippen LogP contribution < -0.4 is 15.5 Å². The van der Waals surface area contributed by atoms with E-state index in [0.29, 0.717) is 6.61 Å². The van der Waals surface area contributed by atoms with E-state index < -0.39 is 17.4 Å². The van der Waals surface area contributed by atoms with Gasteiger partial charge in [0.25, 0.3) is 0 Å². The second kappa shape index (κ2) is 20.7. The fourth-order valence-electron chi connectivity index (χ4n) is 6.58. The Labute approximate surface area is 324 Å². The minimum Gasteiger partial charge on any atom is -0.368 e. The van der Waals surface area contributed by atoms with Crippen LogP contribution in [-0.2, 0) is 21.8 Å². The average Bonchev–Trinajstić information content (AvgIpc) is 3.99. The maximum absolute atomic E-state index is 14.2. The van der Waals surface area contributed by atoms with Crippen molar-refractivity contribution in [1.82, 2.24) is 29.1 Å². The van der Waals surface area contributed by atoms with Gasteiger partial charge in [-0.15, -0.1) is 0 Å². The van der Waals surface area contributed by atoms with Crippen LogP contribution >= 0.6 is 0 Å². The highest BCUT2D eigenvalue weighted by atomic mass is 19.1. The molecule has 0 radical (unpaired) electrons. The fraction of sp³-hybridized carbons (Fsp3) is 0.476. The van der Waals surface area contributed by atoms with Crippen molar-refractivity contribution in [1.29, 1.82) is 0 Å². The quantitative estimate of drug-likeness (QED) is 0.140. The second-order valence-electron chi connectivity index (χ2n) is 13.0. The lowest BCUT2D eigenvalue weighted by Crippen LogP contribution is -2.46. The average molecular weight is 761 g/mol. The van der Waals surface area contributed by atoms with Gasteiger partial charge in [0.05, 0.1) is 24.4 Å². The van der Waals surface area contributed by atoms with Crippen molar-refractivity contribution in [2.75, 3.05) is 42.6 Å². The number of benzene rings is 3. The maximum atomic E-state index is 14.2. The predicted octanol–water partition coefficient (Wildman–Crippen LogP) is 8.32. The van der Waals surface area contributed by atoms with Crippen molar-refractivity contribution in [3.8, 4) is 5.69 Å². The molecule has 7 rings (SSSR count). The first-order chi connectivity index (χ1) is 26.7. The van der Waals surface area contributed by atoms with E-state index in [0.717, 1.165) is 57.2 Å². The first kappa shape index (κ1) is 42.9. The van der Waals surface area contributed by atoms with E-state index in [4.69, 9.17) is 9.47 Å². The molecule has 3 aromatic carbocycles. The molecule has 2 aromatic heterocycles. The Morgan fingerprint density at radius 3 is 1.89 bits per heavy atom. The summed E-state index contributed by atoms with van der Waals surface area (Å²) in [5, 5.41) is 8.34. The number of hydrogen-bond donors (Lipinski definition) is 0. The summed E-state index contributed by atoms with van der Waals surface area (Å²) in [5.74, 6) is -2.66. The third-order valence-electron chi connectivity index (χ3n) is 9.65. The maximum Gasteiger partial charge on any atom is 0.350 e. The van der Waals surface area contributed by atoms with Crippen LogP contribution in [0.2, 0.25) is 0 Å². The number of aryl methyl sites for hydroxylation is 1. The summed E-state index contributed by atoms with van der Waals surface area (Å²) in [6.07, 6.45) is 6.91. The van der Waals surface area contributed by atoms with Gasteiger partial charge in [-0.2, -0.15) is 10.2 Å². The molecular formula is C42H58F2N8O3. The molecule has 5 aromatic rings. The van der Waals surface area contributed by atoms with E-state index in [-0.39, 0.29) is 29.9 Å². The zero-order valence-corrected chi connectivity index (χ0v) is 33.7. The van der Waals surface area contributed by atoms with Gasteiger partial charge < -0.3 is 19.3 Å². The van der Waals surface area contributed by atoms with Gasteiger partial charge in [0.15, 0.2) is 0 Å². The largest absolute Gasteiger partial charge is 0.368 e. The summed E-state index contributed by atoms with van der Waals surface area (Å²) in [7, 11) is 0. The van der Waals surface area contributed by atoms with Crippen molar-refractivity contribution >= 4 is 11.4 Å². The summed E-state index contributed by atoms with van der Waals surface area (Å²) >= 11 is 0. The van der Waals surface area contributed by atoms with Crippen LogP contribution in [0.5, 0.6) is 0 Å². The molecule has 0 N–H and O–H groups in total. The molecule has 2 aliphatic heterocycles. The molecule has 1 unspecified atom stereocenters. The van der Waals surface area contributed by atoms with Crippen LogP contribution in [0.15, 0.2) is 90.5 Å². The number of halogens is 2. The minimum atomic E-state index is -1.31. The Balaban J connectivity index is 0.000000236. The van der Waals surface area contributed by atoms with Gasteiger partial charge in [0.2, 0.25) is 5.79 Å². The van der Waals surface area contributed by atoms with Crippen LogP contribution in [0.4, 0.5) is 20.2 Å². The van der Waals surface area contributed by atoms with Crippen LogP contribution in [0, 0.1) is 18.6 Å². The molecule has 0 amide bonds. The van der Waals surface area contributed by atoms with Crippen molar-refractivity contribution in [2.24, 2.45) is 0 Å². The summed E-state index contributed by atoms with van der Waals surface area (Å²) in [6, 6.07) is 20.5. The first-order valence-corrected chi connectivity index (χ1v) is 19.7. The smallest absolute Gasteiger partial charge is 0.350 e. The van der Waals surface area contributed by atoms with Crippen molar-refractivity contribution < 1.29 is 18.3 Å². The zero-order chi connectivity index (χ0) is 40.0. The van der Waals surface area contributed by atoms with Crippen LogP contribution in [0.25, 0.3) is 5.69 Å². The number of rotatable bonds is 10. The van der Waals surface area contributed by atoms with Crippen molar-refractivity contribution in [2.45, 2.75) is 99.1 Å². The summed E-state index contributed by atoms with van der Waals surface area (Å²) in [6.45, 7) is 20.7. The monoisotopic (exact) mass is 760 g/mol. The molecule has 2 atom stereocenters. The highest BCUT2D eigenvalue weighted by molar-refractivity contribution is 5.54. The van der Waals surface area contributed by atoms with Crippen LogP contribution in [0.3, 0.4) is 0 Å². The van der Waals surface area contributed by atoms with Gasteiger partial charge in [0.1, 0.15) is 37.2 Å². The Kier molecular flexibility index (Phi) is 16.1. The third-order valence-corrected chi connectivity index (χ3v) is 9.65. The fourth-order valence-corrected chi connectivity index (χ4v) is 6.58. The van der Waals surface area contributed by atoms with Gasteiger partial charge in [-0.25, -0.2) is 32.5 Å². The van der Waals surface area contributed by atoms with E-state index in [1.165, 1.54) is 46.4 Å². The molecule has 0 aliphatic carbocycles. The number of anilines is 2. The molecule has 298 valence electrons. The Hall–Kier alpha value is -4.88. The number of ether oxygens (including phenoxy) is 2. The van der Waals surface area contributed by atoms with Gasteiger partial charge in [-0.3, -0.25) is 0 Å². The molecule has 11 nitrogen and oxygen atoms in total. The number of nitrogens with zero attached hydrogens (tertiary/aromatic N) is 8. The van der Waals surface area contributed by atoms with Gasteiger partial charge in [-0.1, -0.05) is 66.2 Å². The number of piperazine rings is 1.